The molecule has 0 atom stereocenters. The van der Waals surface area contributed by atoms with Crippen LogP contribution in [0, 0.1) is 0 Å². The van der Waals surface area contributed by atoms with Gasteiger partial charge in [-0.1, -0.05) is 72.8 Å². The molecule has 0 amide bonds. The van der Waals surface area contributed by atoms with E-state index in [2.05, 4.69) is 0 Å². The van der Waals surface area contributed by atoms with Gasteiger partial charge in [-0.15, -0.1) is 0 Å². The molecular weight excluding hydrogens is 348 g/mol. The molecule has 0 spiro atoms. The van der Waals surface area contributed by atoms with Crippen molar-refractivity contribution in [2.24, 2.45) is 0 Å². The summed E-state index contributed by atoms with van der Waals surface area (Å²) in [5.41, 5.74) is 0.929. The summed E-state index contributed by atoms with van der Waals surface area (Å²) in [5.74, 6) is -0.878. The van der Waals surface area contributed by atoms with Crippen LogP contribution in [-0.4, -0.2) is 16.3 Å². The van der Waals surface area contributed by atoms with E-state index in [4.69, 9.17) is 16.7 Å². The third-order valence-electron chi connectivity index (χ3n) is 4.02. The van der Waals surface area contributed by atoms with Crippen molar-refractivity contribution in [3.05, 3.63) is 96.1 Å². The Bertz CT molecular complexity index is 1000. The van der Waals surface area contributed by atoms with Crippen molar-refractivity contribution in [3.63, 3.8) is 0 Å². The quantitative estimate of drug-likeness (QED) is 0.461. The number of carboxylic acid groups (broad SMARTS) is 1. The minimum Gasteiger partial charge on any atom is -0.478 e. The van der Waals surface area contributed by atoms with E-state index >= 15 is 0 Å². The maximum Gasteiger partial charge on any atom is 0.336 e. The van der Waals surface area contributed by atoms with E-state index in [1.165, 1.54) is 0 Å². The molecule has 0 fully saturated rings. The summed E-state index contributed by atoms with van der Waals surface area (Å²) in [6, 6.07) is 25.9. The number of carbonyl (C=O) groups excluding carboxylic acids is 1. The molecule has 4 aromatic carbocycles. The second-order valence-corrected chi connectivity index (χ2v) is 5.98. The molecule has 1 N–H and O–H groups in total. The number of halogens is 1. The highest BCUT2D eigenvalue weighted by Crippen LogP contribution is 2.20. The van der Waals surface area contributed by atoms with Crippen LogP contribution in [0.4, 0.5) is 0 Å². The maximum atomic E-state index is 11.0. The summed E-state index contributed by atoms with van der Waals surface area (Å²) in [6.07, 6.45) is 0. The van der Waals surface area contributed by atoms with Crippen molar-refractivity contribution >= 4 is 44.4 Å². The van der Waals surface area contributed by atoms with Gasteiger partial charge in [-0.25, -0.2) is 4.79 Å². The molecule has 128 valence electrons. The maximum absolute atomic E-state index is 11.0. The van der Waals surface area contributed by atoms with Crippen LogP contribution in [0.15, 0.2) is 84.9 Å². The average Bonchev–Trinajstić information content (AvgIpc) is 2.67. The van der Waals surface area contributed by atoms with Crippen LogP contribution < -0.4 is 0 Å². The highest BCUT2D eigenvalue weighted by molar-refractivity contribution is 6.68. The molecule has 4 heteroatoms. The Morgan fingerprint density at radius 2 is 1.04 bits per heavy atom. The molecule has 4 rings (SSSR count). The highest BCUT2D eigenvalue weighted by atomic mass is 35.5. The Labute approximate surface area is 155 Å². The van der Waals surface area contributed by atoms with E-state index in [1.807, 2.05) is 66.7 Å². The first-order valence-electron chi connectivity index (χ1n) is 7.96. The van der Waals surface area contributed by atoms with Gasteiger partial charge >= 0.3 is 5.97 Å². The summed E-state index contributed by atoms with van der Waals surface area (Å²) >= 11 is 5.44. The molecule has 3 nitrogen and oxygen atoms in total. The van der Waals surface area contributed by atoms with Crippen LogP contribution in [-0.2, 0) is 0 Å². The lowest BCUT2D eigenvalue weighted by atomic mass is 10.1. The van der Waals surface area contributed by atoms with Gasteiger partial charge < -0.3 is 5.11 Å². The molecule has 0 heterocycles. The number of benzene rings is 4. The predicted molar refractivity (Wildman–Crippen MR) is 105 cm³/mol. The van der Waals surface area contributed by atoms with Gasteiger partial charge in [0, 0.05) is 5.56 Å². The van der Waals surface area contributed by atoms with Gasteiger partial charge in [0.2, 0.25) is 0 Å². The van der Waals surface area contributed by atoms with Crippen molar-refractivity contribution < 1.29 is 14.7 Å². The number of carboxylic acids is 1. The smallest absolute Gasteiger partial charge is 0.336 e. The fourth-order valence-electron chi connectivity index (χ4n) is 2.81. The molecule has 0 aliphatic heterocycles. The second-order valence-electron chi connectivity index (χ2n) is 5.63. The van der Waals surface area contributed by atoms with E-state index in [9.17, 15) is 9.59 Å². The number of hydrogen-bond acceptors (Lipinski definition) is 2. The molecule has 0 unspecified atom stereocenters. The van der Waals surface area contributed by atoms with Crippen LogP contribution in [0.2, 0.25) is 0 Å². The summed E-state index contributed by atoms with van der Waals surface area (Å²) in [6.45, 7) is 0. The summed E-state index contributed by atoms with van der Waals surface area (Å²) < 4.78 is 0. The predicted octanol–water partition coefficient (Wildman–Crippen LogP) is 5.76. The van der Waals surface area contributed by atoms with E-state index in [-0.39, 0.29) is 0 Å². The topological polar surface area (TPSA) is 54.4 Å². The lowest BCUT2D eigenvalue weighted by molar-refractivity contribution is 0.0699. The molecule has 0 aliphatic rings. The fourth-order valence-corrected chi connectivity index (χ4v) is 2.97. The van der Waals surface area contributed by atoms with Crippen LogP contribution in [0.1, 0.15) is 20.7 Å². The first-order valence-corrected chi connectivity index (χ1v) is 8.34. The molecule has 26 heavy (non-hydrogen) atoms. The Kier molecular flexibility index (Phi) is 5.30. The van der Waals surface area contributed by atoms with Gasteiger partial charge in [-0.3, -0.25) is 4.79 Å². The standard InChI is InChI=1S/C11H7ClO.C11H8O2/c2*12-11(13)10-7-3-5-8-4-1-2-6-9(8)10/h1-7H;1-7H,(H,12,13). The van der Waals surface area contributed by atoms with Crippen LogP contribution in [0.5, 0.6) is 0 Å². The molecule has 0 saturated heterocycles. The zero-order valence-electron chi connectivity index (χ0n) is 13.7. The van der Waals surface area contributed by atoms with E-state index < -0.39 is 11.2 Å². The van der Waals surface area contributed by atoms with Crippen molar-refractivity contribution in [2.75, 3.05) is 0 Å². The Hall–Kier alpha value is -3.17. The number of rotatable bonds is 2. The number of aromatic carboxylic acids is 1. The summed E-state index contributed by atoms with van der Waals surface area (Å²) in [4.78, 5) is 21.8. The third-order valence-corrected chi connectivity index (χ3v) is 4.23. The number of carbonyl (C=O) groups is 2. The third kappa shape index (κ3) is 3.73. The zero-order chi connectivity index (χ0) is 18.5. The summed E-state index contributed by atoms with van der Waals surface area (Å²) in [7, 11) is 0. The number of fused-ring (bicyclic) bond motifs is 2. The van der Waals surface area contributed by atoms with E-state index in [0.717, 1.165) is 21.5 Å². The number of hydrogen-bond donors (Lipinski definition) is 1. The van der Waals surface area contributed by atoms with Crippen LogP contribution >= 0.6 is 11.6 Å². The Morgan fingerprint density at radius 1 is 0.615 bits per heavy atom. The van der Waals surface area contributed by atoms with Crippen LogP contribution in [0.25, 0.3) is 21.5 Å². The van der Waals surface area contributed by atoms with Crippen LogP contribution in [0.3, 0.4) is 0 Å². The molecule has 0 bridgehead atoms. The van der Waals surface area contributed by atoms with Crippen molar-refractivity contribution in [1.29, 1.82) is 0 Å². The first-order chi connectivity index (χ1) is 12.6. The molecular formula is C22H15ClO3. The zero-order valence-corrected chi connectivity index (χ0v) is 14.5. The second kappa shape index (κ2) is 7.81. The van der Waals surface area contributed by atoms with E-state index in [0.29, 0.717) is 11.1 Å². The van der Waals surface area contributed by atoms with Crippen molar-refractivity contribution in [3.8, 4) is 0 Å². The Balaban J connectivity index is 0.000000151. The Morgan fingerprint density at radius 3 is 1.54 bits per heavy atom. The van der Waals surface area contributed by atoms with Gasteiger partial charge in [0.25, 0.3) is 5.24 Å². The minimum atomic E-state index is -0.878. The van der Waals surface area contributed by atoms with Crippen molar-refractivity contribution in [1.82, 2.24) is 0 Å². The molecule has 0 saturated carbocycles. The van der Waals surface area contributed by atoms with Gasteiger partial charge in [-0.2, -0.15) is 0 Å². The van der Waals surface area contributed by atoms with Gasteiger partial charge in [-0.05, 0) is 45.3 Å². The lowest BCUT2D eigenvalue weighted by Gasteiger charge is -2.00. The largest absolute Gasteiger partial charge is 0.478 e. The SMILES string of the molecule is O=C(Cl)c1cccc2ccccc12.O=C(O)c1cccc2ccccc12. The van der Waals surface area contributed by atoms with Gasteiger partial charge in [0.1, 0.15) is 0 Å². The van der Waals surface area contributed by atoms with Crippen molar-refractivity contribution in [2.45, 2.75) is 0 Å². The normalized spacial score (nSPS) is 10.2. The fraction of sp³-hybridized carbons (Fsp3) is 0. The summed E-state index contributed by atoms with van der Waals surface area (Å²) in [5, 5.41) is 12.2. The van der Waals surface area contributed by atoms with E-state index in [1.54, 1.807) is 18.2 Å². The molecule has 0 aromatic heterocycles. The monoisotopic (exact) mass is 362 g/mol. The van der Waals surface area contributed by atoms with Gasteiger partial charge in [0.05, 0.1) is 5.56 Å². The molecule has 0 aliphatic carbocycles. The average molecular weight is 363 g/mol. The molecule has 4 aromatic rings. The van der Waals surface area contributed by atoms with Gasteiger partial charge in [0.15, 0.2) is 0 Å². The first kappa shape index (κ1) is 17.6. The minimum absolute atomic E-state index is 0.359. The molecule has 0 radical (unpaired) electrons. The lowest BCUT2D eigenvalue weighted by Crippen LogP contribution is -1.96. The highest BCUT2D eigenvalue weighted by Gasteiger charge is 2.06.